The summed E-state index contributed by atoms with van der Waals surface area (Å²) >= 11 is 0. The van der Waals surface area contributed by atoms with Crippen LogP contribution in [0.5, 0.6) is 34.5 Å². The quantitative estimate of drug-likeness (QED) is 0.104. The number of rotatable bonds is 8. The number of nitrogens with two attached hydrogens (primary N) is 2. The first-order chi connectivity index (χ1) is 29.1. The summed E-state index contributed by atoms with van der Waals surface area (Å²) in [6, 6.07) is 25.9. The Kier molecular flexibility index (Phi) is 7.79. The molecule has 0 aromatic heterocycles. The number of aromatic hydroxyl groups is 2. The second-order valence-electron chi connectivity index (χ2n) is 22.6. The van der Waals surface area contributed by atoms with Gasteiger partial charge in [0.15, 0.2) is 0 Å². The summed E-state index contributed by atoms with van der Waals surface area (Å²) in [5, 5.41) is 21.8. The van der Waals surface area contributed by atoms with Gasteiger partial charge in [-0.05, 0) is 227 Å². The van der Waals surface area contributed by atoms with E-state index in [1.807, 2.05) is 12.1 Å². The van der Waals surface area contributed by atoms with Crippen LogP contribution in [0.3, 0.4) is 0 Å². The zero-order valence-electron chi connectivity index (χ0n) is 35.1. The molecule has 12 fully saturated rings. The van der Waals surface area contributed by atoms with Crippen LogP contribution >= 0.6 is 0 Å². The van der Waals surface area contributed by atoms with E-state index in [0.29, 0.717) is 23.2 Å². The molecule has 12 bridgehead atoms. The maximum absolute atomic E-state index is 10.9. The number of hydrogen-bond donors (Lipinski definition) is 4. The Bertz CT molecular complexity index is 2120. The molecule has 4 aromatic rings. The Morgan fingerprint density at radius 2 is 0.733 bits per heavy atom. The van der Waals surface area contributed by atoms with E-state index in [-0.39, 0.29) is 27.7 Å². The Balaban J connectivity index is 0.828. The van der Waals surface area contributed by atoms with Crippen molar-refractivity contribution in [1.82, 2.24) is 0 Å². The first-order valence-electron chi connectivity index (χ1n) is 23.9. The minimum atomic E-state index is -0.0713. The zero-order chi connectivity index (χ0) is 40.1. The van der Waals surface area contributed by atoms with Gasteiger partial charge in [0.2, 0.25) is 0 Å². The fraction of sp³-hybridized carbons (Fsp3) is 0.556. The number of nitrogen functional groups attached to an aromatic ring is 2. The van der Waals surface area contributed by atoms with Crippen LogP contribution in [0.25, 0.3) is 0 Å². The van der Waals surface area contributed by atoms with Crippen molar-refractivity contribution >= 4 is 11.4 Å². The standard InChI is InChI=1S/C54H62N2O4/c55-46-20-44(52-24-32-10-33(25-52)12-34(11-32)26-52)50(22-48(46)57)59-42-5-1-38(2-6-42)54(40-16-30-9-31(18-40)19-41(54)17-30)39-3-7-43(8-4-39)60-51-23-49(58)47(56)21-45(51)53-27-35-13-36(28-53)15-37(14-35)29-53/h1-8,20-23,30-37,40-41,57-58H,9-19,24-29,55-56H2. The zero-order valence-corrected chi connectivity index (χ0v) is 35.1. The first-order valence-corrected chi connectivity index (χ1v) is 23.9. The van der Waals surface area contributed by atoms with Gasteiger partial charge >= 0.3 is 0 Å². The maximum atomic E-state index is 10.9. The summed E-state index contributed by atoms with van der Waals surface area (Å²) in [5.41, 5.74) is 19.1. The van der Waals surface area contributed by atoms with Crippen LogP contribution in [-0.2, 0) is 16.2 Å². The van der Waals surface area contributed by atoms with Gasteiger partial charge in [0, 0.05) is 28.7 Å². The van der Waals surface area contributed by atoms with E-state index in [9.17, 15) is 10.2 Å². The lowest BCUT2D eigenvalue weighted by Crippen LogP contribution is -2.56. The van der Waals surface area contributed by atoms with Gasteiger partial charge < -0.3 is 31.2 Å². The number of phenols is 2. The largest absolute Gasteiger partial charge is 0.506 e. The Morgan fingerprint density at radius 3 is 1.07 bits per heavy atom. The summed E-state index contributed by atoms with van der Waals surface area (Å²) in [6.45, 7) is 0. The second-order valence-corrected chi connectivity index (χ2v) is 22.6. The van der Waals surface area contributed by atoms with Crippen molar-refractivity contribution in [3.8, 4) is 34.5 Å². The van der Waals surface area contributed by atoms with Gasteiger partial charge in [0.25, 0.3) is 0 Å². The molecule has 12 aliphatic carbocycles. The van der Waals surface area contributed by atoms with Crippen LogP contribution in [0.1, 0.15) is 131 Å². The molecule has 312 valence electrons. The third-order valence-corrected chi connectivity index (χ3v) is 19.0. The lowest BCUT2D eigenvalue weighted by Gasteiger charge is -2.62. The highest BCUT2D eigenvalue weighted by atomic mass is 16.5. The fourth-order valence-corrected chi connectivity index (χ4v) is 17.9. The van der Waals surface area contributed by atoms with E-state index in [1.165, 1.54) is 131 Å². The summed E-state index contributed by atoms with van der Waals surface area (Å²) in [6.07, 6.45) is 22.1. The maximum Gasteiger partial charge on any atom is 0.142 e. The van der Waals surface area contributed by atoms with E-state index < -0.39 is 0 Å². The molecule has 0 heterocycles. The molecular weight excluding hydrogens is 741 g/mol. The van der Waals surface area contributed by atoms with E-state index in [1.54, 1.807) is 12.1 Å². The minimum Gasteiger partial charge on any atom is -0.506 e. The van der Waals surface area contributed by atoms with Crippen molar-refractivity contribution in [1.29, 1.82) is 0 Å². The molecule has 0 radical (unpaired) electrons. The third-order valence-electron chi connectivity index (χ3n) is 19.0. The molecule has 6 N–H and O–H groups in total. The van der Waals surface area contributed by atoms with Gasteiger partial charge in [-0.15, -0.1) is 0 Å². The van der Waals surface area contributed by atoms with Crippen molar-refractivity contribution in [2.24, 2.45) is 59.2 Å². The van der Waals surface area contributed by atoms with Gasteiger partial charge in [0.1, 0.15) is 34.5 Å². The molecule has 0 unspecified atom stereocenters. The molecule has 6 heteroatoms. The number of anilines is 2. The predicted octanol–water partition coefficient (Wildman–Crippen LogP) is 12.5. The SMILES string of the molecule is Nc1cc(C23CC4CC(CC(C4)C2)C3)c(Oc2ccc(C3(c4ccc(Oc5cc(O)c(N)cc5C56CC7CC(CC(C7)C5)C6)cc4)C4CC5CC(C4)CC3C5)cc2)cc1O. The molecule has 0 saturated heterocycles. The summed E-state index contributed by atoms with van der Waals surface area (Å²) in [5.74, 6) is 11.1. The fourth-order valence-electron chi connectivity index (χ4n) is 17.9. The number of ether oxygens (including phenoxy) is 2. The smallest absolute Gasteiger partial charge is 0.142 e. The molecule has 60 heavy (non-hydrogen) atoms. The van der Waals surface area contributed by atoms with E-state index in [0.717, 1.165) is 70.3 Å². The van der Waals surface area contributed by atoms with Crippen molar-refractivity contribution in [2.45, 2.75) is 125 Å². The molecule has 0 amide bonds. The highest BCUT2D eigenvalue weighted by molar-refractivity contribution is 5.63. The first kappa shape index (κ1) is 36.3. The monoisotopic (exact) mass is 802 g/mol. The predicted molar refractivity (Wildman–Crippen MR) is 236 cm³/mol. The lowest BCUT2D eigenvalue weighted by molar-refractivity contribution is -0.0418. The van der Waals surface area contributed by atoms with Gasteiger partial charge in [-0.1, -0.05) is 24.3 Å². The van der Waals surface area contributed by atoms with E-state index in [4.69, 9.17) is 20.9 Å². The number of hydrogen-bond acceptors (Lipinski definition) is 6. The summed E-state index contributed by atoms with van der Waals surface area (Å²) in [7, 11) is 0. The Labute approximate surface area is 355 Å². The van der Waals surface area contributed by atoms with E-state index >= 15 is 0 Å². The molecule has 0 spiro atoms. The van der Waals surface area contributed by atoms with Crippen LogP contribution in [0.4, 0.5) is 11.4 Å². The van der Waals surface area contributed by atoms with Crippen LogP contribution < -0.4 is 20.9 Å². The lowest BCUT2D eigenvalue weighted by atomic mass is 9.42. The average Bonchev–Trinajstić information content (AvgIpc) is 3.20. The van der Waals surface area contributed by atoms with Gasteiger partial charge in [0.05, 0.1) is 11.4 Å². The molecule has 6 nitrogen and oxygen atoms in total. The molecule has 12 saturated carbocycles. The normalized spacial score (nSPS) is 40.0. The van der Waals surface area contributed by atoms with Crippen molar-refractivity contribution in [3.63, 3.8) is 0 Å². The van der Waals surface area contributed by atoms with E-state index in [2.05, 4.69) is 48.5 Å². The minimum absolute atomic E-state index is 0.0713. The summed E-state index contributed by atoms with van der Waals surface area (Å²) < 4.78 is 13.7. The molecule has 0 aliphatic heterocycles. The molecule has 4 aromatic carbocycles. The van der Waals surface area contributed by atoms with Crippen LogP contribution in [0, 0.1) is 59.2 Å². The van der Waals surface area contributed by atoms with Gasteiger partial charge in [-0.25, -0.2) is 0 Å². The Morgan fingerprint density at radius 1 is 0.417 bits per heavy atom. The van der Waals surface area contributed by atoms with Crippen LogP contribution in [0.2, 0.25) is 0 Å². The van der Waals surface area contributed by atoms with Gasteiger partial charge in [-0.2, -0.15) is 0 Å². The van der Waals surface area contributed by atoms with Crippen molar-refractivity contribution < 1.29 is 19.7 Å². The number of phenolic OH excluding ortho intramolecular Hbond substituents is 2. The summed E-state index contributed by atoms with van der Waals surface area (Å²) in [4.78, 5) is 0. The average molecular weight is 803 g/mol. The van der Waals surface area contributed by atoms with Crippen LogP contribution in [-0.4, -0.2) is 10.2 Å². The van der Waals surface area contributed by atoms with Crippen molar-refractivity contribution in [3.05, 3.63) is 95.1 Å². The highest BCUT2D eigenvalue weighted by Gasteiger charge is 2.59. The Hall–Kier alpha value is -4.32. The molecule has 12 aliphatic rings. The third kappa shape index (κ3) is 5.43. The van der Waals surface area contributed by atoms with Crippen molar-refractivity contribution in [2.75, 3.05) is 11.5 Å². The molecular formula is C54H62N2O4. The van der Waals surface area contributed by atoms with Gasteiger partial charge in [-0.3, -0.25) is 0 Å². The molecule has 16 rings (SSSR count). The number of benzene rings is 4. The molecule has 0 atom stereocenters. The highest BCUT2D eigenvalue weighted by Crippen LogP contribution is 2.67. The second kappa shape index (κ2) is 12.9. The topological polar surface area (TPSA) is 111 Å². The van der Waals surface area contributed by atoms with Crippen LogP contribution in [0.15, 0.2) is 72.8 Å².